The number of carbonyl (C=O) groups excluding carboxylic acids is 4. The highest BCUT2D eigenvalue weighted by Gasteiger charge is 2.30. The van der Waals surface area contributed by atoms with Crippen LogP contribution in [0.25, 0.3) is 0 Å². The third-order valence-electron chi connectivity index (χ3n) is 18.4. The van der Waals surface area contributed by atoms with Gasteiger partial charge in [-0.1, -0.05) is 337 Å². The van der Waals surface area contributed by atoms with E-state index in [-0.39, 0.29) is 25.7 Å². The molecule has 19 heteroatoms. The fourth-order valence-electron chi connectivity index (χ4n) is 11.5. The normalized spacial score (nSPS) is 14.6. The molecule has 4 unspecified atom stereocenters. The second-order valence-corrected chi connectivity index (χ2v) is 31.3. The lowest BCUT2D eigenvalue weighted by Crippen LogP contribution is -2.30. The van der Waals surface area contributed by atoms with Crippen LogP contribution in [-0.4, -0.2) is 96.7 Å². The van der Waals surface area contributed by atoms with Gasteiger partial charge in [0.2, 0.25) is 0 Å². The Kier molecular flexibility index (Phi) is 65.2. The Labute approximate surface area is 581 Å². The van der Waals surface area contributed by atoms with Crippen LogP contribution in [-0.2, 0) is 65.4 Å². The van der Waals surface area contributed by atoms with Gasteiger partial charge in [-0.05, 0) is 43.4 Å². The van der Waals surface area contributed by atoms with Crippen molar-refractivity contribution in [2.75, 3.05) is 39.6 Å². The summed E-state index contributed by atoms with van der Waals surface area (Å²) in [5.74, 6) is 0.256. The molecule has 0 fully saturated rings. The molecule has 0 heterocycles. The van der Waals surface area contributed by atoms with Gasteiger partial charge in [-0.25, -0.2) is 9.13 Å². The molecule has 0 bridgehead atoms. The highest BCUT2D eigenvalue weighted by molar-refractivity contribution is 7.47. The zero-order valence-corrected chi connectivity index (χ0v) is 63.9. The smallest absolute Gasteiger partial charge is 0.462 e. The molecule has 0 aromatic heterocycles. The molecule has 0 amide bonds. The lowest BCUT2D eigenvalue weighted by atomic mass is 9.99. The highest BCUT2D eigenvalue weighted by Crippen LogP contribution is 2.45. The van der Waals surface area contributed by atoms with Crippen molar-refractivity contribution in [2.45, 2.75) is 407 Å². The number of hydrogen-bond acceptors (Lipinski definition) is 15. The minimum Gasteiger partial charge on any atom is -0.462 e. The average Bonchev–Trinajstić information content (AvgIpc) is 2.59. The summed E-state index contributed by atoms with van der Waals surface area (Å²) in [5.41, 5.74) is 0. The largest absolute Gasteiger partial charge is 0.472 e. The average molecular weight is 1400 g/mol. The Morgan fingerprint density at radius 2 is 0.537 bits per heavy atom. The molecule has 0 aliphatic heterocycles. The second kappa shape index (κ2) is 66.6. The number of carbonyl (C=O) groups is 4. The van der Waals surface area contributed by atoms with Gasteiger partial charge in [0.05, 0.1) is 26.4 Å². The van der Waals surface area contributed by atoms with Crippen LogP contribution < -0.4 is 0 Å². The van der Waals surface area contributed by atoms with Gasteiger partial charge in [0.15, 0.2) is 12.2 Å². The molecule has 0 saturated heterocycles. The van der Waals surface area contributed by atoms with Gasteiger partial charge in [0.1, 0.15) is 19.3 Å². The molecule has 0 aromatic carbocycles. The van der Waals surface area contributed by atoms with Gasteiger partial charge < -0.3 is 33.8 Å². The van der Waals surface area contributed by atoms with Crippen molar-refractivity contribution in [3.05, 3.63) is 0 Å². The number of hydrogen-bond donors (Lipinski definition) is 3. The van der Waals surface area contributed by atoms with Gasteiger partial charge in [-0.3, -0.25) is 37.3 Å². The van der Waals surface area contributed by atoms with Gasteiger partial charge in [-0.2, -0.15) is 0 Å². The maximum atomic E-state index is 13.1. The zero-order valence-electron chi connectivity index (χ0n) is 62.1. The first-order valence-electron chi connectivity index (χ1n) is 39.4. The molecule has 95 heavy (non-hydrogen) atoms. The third-order valence-corrected chi connectivity index (χ3v) is 20.3. The van der Waals surface area contributed by atoms with E-state index < -0.39 is 97.5 Å². The summed E-state index contributed by atoms with van der Waals surface area (Å²) < 4.78 is 68.4. The van der Waals surface area contributed by atoms with Crippen LogP contribution in [0.2, 0.25) is 0 Å². The molecule has 0 aliphatic rings. The van der Waals surface area contributed by atoms with Crippen LogP contribution in [0, 0.1) is 17.8 Å². The number of ether oxygens (including phenoxy) is 4. The quantitative estimate of drug-likeness (QED) is 0.0222. The lowest BCUT2D eigenvalue weighted by Gasteiger charge is -2.21. The van der Waals surface area contributed by atoms with E-state index in [2.05, 4.69) is 48.5 Å². The number of rotatable bonds is 74. The molecule has 7 atom stereocenters. The van der Waals surface area contributed by atoms with Crippen LogP contribution >= 0.6 is 15.6 Å². The van der Waals surface area contributed by atoms with E-state index in [0.717, 1.165) is 114 Å². The van der Waals surface area contributed by atoms with E-state index in [1.54, 1.807) is 0 Å². The molecule has 17 nitrogen and oxygen atoms in total. The first-order chi connectivity index (χ1) is 45.8. The Morgan fingerprint density at radius 1 is 0.305 bits per heavy atom. The van der Waals surface area contributed by atoms with Crippen molar-refractivity contribution in [1.29, 1.82) is 0 Å². The predicted octanol–water partition coefficient (Wildman–Crippen LogP) is 22.2. The van der Waals surface area contributed by atoms with Crippen molar-refractivity contribution in [1.82, 2.24) is 0 Å². The second-order valence-electron chi connectivity index (χ2n) is 28.4. The summed E-state index contributed by atoms with van der Waals surface area (Å²) in [6.07, 6.45) is 52.8. The number of unbranched alkanes of at least 4 members (excludes halogenated alkanes) is 40. The monoisotopic (exact) mass is 1400 g/mol. The van der Waals surface area contributed by atoms with Crippen molar-refractivity contribution in [2.24, 2.45) is 17.8 Å². The SMILES string of the molecule is CCCCCCCCCCC(=O)OC[C@H](COP(=O)(O)OC[C@H](O)COP(=O)(O)OC[C@@H](COC(=O)CCCCCCCCCCCCCCCCC(C)CC)OC(=O)CCCCCCCCCCCCCCCCCCC(C)C)OC(=O)CCCCCCCCC(C)CC. The predicted molar refractivity (Wildman–Crippen MR) is 386 cm³/mol. The first kappa shape index (κ1) is 93.1. The van der Waals surface area contributed by atoms with Gasteiger partial charge in [-0.15, -0.1) is 0 Å². The van der Waals surface area contributed by atoms with Crippen molar-refractivity contribution < 1.29 is 80.2 Å². The van der Waals surface area contributed by atoms with Crippen LogP contribution in [0.4, 0.5) is 0 Å². The molecule has 564 valence electrons. The zero-order chi connectivity index (χ0) is 70.1. The maximum Gasteiger partial charge on any atom is 0.472 e. The number of phosphoric ester groups is 2. The van der Waals surface area contributed by atoms with Gasteiger partial charge in [0.25, 0.3) is 0 Å². The van der Waals surface area contributed by atoms with Crippen LogP contribution in [0.5, 0.6) is 0 Å². The van der Waals surface area contributed by atoms with E-state index in [4.69, 9.17) is 37.0 Å². The summed E-state index contributed by atoms with van der Waals surface area (Å²) in [6, 6.07) is 0. The molecule has 0 aliphatic carbocycles. The van der Waals surface area contributed by atoms with E-state index in [9.17, 15) is 43.2 Å². The summed E-state index contributed by atoms with van der Waals surface area (Å²) in [4.78, 5) is 72.7. The van der Waals surface area contributed by atoms with Crippen LogP contribution in [0.15, 0.2) is 0 Å². The summed E-state index contributed by atoms with van der Waals surface area (Å²) in [6.45, 7) is 11.9. The number of phosphoric acid groups is 2. The van der Waals surface area contributed by atoms with E-state index in [1.807, 2.05) is 0 Å². The molecule has 0 saturated carbocycles. The highest BCUT2D eigenvalue weighted by atomic mass is 31.2. The van der Waals surface area contributed by atoms with Crippen molar-refractivity contribution in [3.63, 3.8) is 0 Å². The van der Waals surface area contributed by atoms with Crippen molar-refractivity contribution >= 4 is 39.5 Å². The fraction of sp³-hybridized carbons (Fsp3) is 0.947. The summed E-state index contributed by atoms with van der Waals surface area (Å²) in [7, 11) is -9.91. The fourth-order valence-corrected chi connectivity index (χ4v) is 13.1. The van der Waals surface area contributed by atoms with E-state index >= 15 is 0 Å². The lowest BCUT2D eigenvalue weighted by molar-refractivity contribution is -0.161. The molecular weight excluding hydrogens is 1250 g/mol. The number of aliphatic hydroxyl groups is 1. The van der Waals surface area contributed by atoms with Crippen LogP contribution in [0.3, 0.4) is 0 Å². The third kappa shape index (κ3) is 67.6. The standard InChI is InChI=1S/C76H148O17P2/c1-8-11-12-13-14-35-43-50-57-73(78)86-64-72(93-76(81)60-53-46-39-38-42-49-56-69(7)10-3)66-91-95(84,85)89-62-70(77)61-88-94(82,83)90-65-71(63-87-74(79)58-51-44-36-31-27-23-20-19-22-26-30-34-41-48-55-68(6)9-2)92-75(80)59-52-45-37-32-28-24-18-16-15-17-21-25-29-33-40-47-54-67(4)5/h67-72,77H,8-66H2,1-7H3,(H,82,83)(H,84,85)/t68?,69?,70-,71-,72-/m1/s1. The van der Waals surface area contributed by atoms with Crippen molar-refractivity contribution in [3.8, 4) is 0 Å². The van der Waals surface area contributed by atoms with E-state index in [1.165, 1.54) is 193 Å². The van der Waals surface area contributed by atoms with E-state index in [0.29, 0.717) is 25.7 Å². The Balaban J connectivity index is 5.20. The summed E-state index contributed by atoms with van der Waals surface area (Å²) >= 11 is 0. The molecule has 0 aromatic rings. The topological polar surface area (TPSA) is 237 Å². The Morgan fingerprint density at radius 3 is 0.800 bits per heavy atom. The van der Waals surface area contributed by atoms with Crippen LogP contribution in [0.1, 0.15) is 389 Å². The number of esters is 4. The minimum absolute atomic E-state index is 0.103. The maximum absolute atomic E-state index is 13.1. The molecular formula is C76H148O17P2. The molecule has 0 rings (SSSR count). The molecule has 0 radical (unpaired) electrons. The van der Waals surface area contributed by atoms with Gasteiger partial charge in [0, 0.05) is 25.7 Å². The first-order valence-corrected chi connectivity index (χ1v) is 42.4. The minimum atomic E-state index is -4.96. The molecule has 3 N–H and O–H groups in total. The number of aliphatic hydroxyl groups excluding tert-OH is 1. The molecule has 0 spiro atoms. The van der Waals surface area contributed by atoms with Gasteiger partial charge >= 0.3 is 39.5 Å². The summed E-state index contributed by atoms with van der Waals surface area (Å²) in [5, 5.41) is 10.6. The Bertz CT molecular complexity index is 1860. The Hall–Kier alpha value is -1.94.